The fraction of sp³-hybridized carbons (Fsp3) is 0.294. The quantitative estimate of drug-likeness (QED) is 0.882. The van der Waals surface area contributed by atoms with E-state index < -0.39 is 0 Å². The summed E-state index contributed by atoms with van der Waals surface area (Å²) in [6, 6.07) is 13.1. The number of halogens is 1. The van der Waals surface area contributed by atoms with Crippen LogP contribution in [0.2, 0.25) is 0 Å². The Morgan fingerprint density at radius 2 is 1.90 bits per heavy atom. The lowest BCUT2D eigenvalue weighted by Gasteiger charge is -2.18. The van der Waals surface area contributed by atoms with Crippen LogP contribution in [0.25, 0.3) is 11.1 Å². The van der Waals surface area contributed by atoms with E-state index in [1.165, 1.54) is 13.2 Å². The Kier molecular flexibility index (Phi) is 4.74. The van der Waals surface area contributed by atoms with E-state index in [2.05, 4.69) is 19.2 Å². The van der Waals surface area contributed by atoms with Crippen molar-refractivity contribution in [2.75, 3.05) is 13.7 Å². The topological polar surface area (TPSA) is 21.3 Å². The Hall–Kier alpha value is -1.87. The fourth-order valence-corrected chi connectivity index (χ4v) is 2.38. The third-order valence-corrected chi connectivity index (χ3v) is 3.40. The van der Waals surface area contributed by atoms with Crippen LogP contribution in [0.3, 0.4) is 0 Å². The summed E-state index contributed by atoms with van der Waals surface area (Å²) >= 11 is 0. The summed E-state index contributed by atoms with van der Waals surface area (Å²) in [6.07, 6.45) is 0. The Morgan fingerprint density at radius 1 is 1.15 bits per heavy atom. The maximum absolute atomic E-state index is 14.3. The maximum Gasteiger partial charge on any atom is 0.134 e. The predicted octanol–water partition coefficient (Wildman–Crippen LogP) is 4.17. The number of hydrogen-bond acceptors (Lipinski definition) is 2. The van der Waals surface area contributed by atoms with Gasteiger partial charge in [0.25, 0.3) is 0 Å². The van der Waals surface area contributed by atoms with Gasteiger partial charge in [0.05, 0.1) is 7.11 Å². The highest BCUT2D eigenvalue weighted by Gasteiger charge is 2.14. The first-order chi connectivity index (χ1) is 9.67. The molecule has 0 aliphatic heterocycles. The molecule has 0 radical (unpaired) electrons. The van der Waals surface area contributed by atoms with Crippen molar-refractivity contribution >= 4 is 0 Å². The monoisotopic (exact) mass is 273 g/mol. The molecule has 0 aliphatic rings. The first-order valence-electron chi connectivity index (χ1n) is 6.83. The number of ether oxygens (including phenoxy) is 1. The minimum Gasteiger partial charge on any atom is -0.497 e. The number of methoxy groups -OCH3 is 1. The lowest BCUT2D eigenvalue weighted by Crippen LogP contribution is -2.18. The number of rotatable bonds is 5. The van der Waals surface area contributed by atoms with Crippen LogP contribution in [-0.4, -0.2) is 13.7 Å². The molecule has 2 aromatic rings. The smallest absolute Gasteiger partial charge is 0.134 e. The van der Waals surface area contributed by atoms with E-state index in [1.807, 2.05) is 24.3 Å². The van der Waals surface area contributed by atoms with Gasteiger partial charge in [-0.2, -0.15) is 0 Å². The van der Waals surface area contributed by atoms with Gasteiger partial charge in [0.2, 0.25) is 0 Å². The zero-order valence-electron chi connectivity index (χ0n) is 12.1. The van der Waals surface area contributed by atoms with E-state index in [1.54, 1.807) is 12.1 Å². The van der Waals surface area contributed by atoms with Gasteiger partial charge < -0.3 is 10.1 Å². The molecule has 0 fully saturated rings. The number of benzene rings is 2. The Balaban J connectivity index is 2.47. The summed E-state index contributed by atoms with van der Waals surface area (Å²) in [5, 5.41) is 3.37. The number of hydrogen-bond donors (Lipinski definition) is 1. The van der Waals surface area contributed by atoms with Crippen LogP contribution in [0, 0.1) is 5.82 Å². The van der Waals surface area contributed by atoms with Gasteiger partial charge in [-0.3, -0.25) is 0 Å². The van der Waals surface area contributed by atoms with Gasteiger partial charge >= 0.3 is 0 Å². The molecule has 0 saturated carbocycles. The molecule has 0 amide bonds. The van der Waals surface area contributed by atoms with Gasteiger partial charge in [0, 0.05) is 17.7 Å². The predicted molar refractivity (Wildman–Crippen MR) is 80.5 cm³/mol. The molecule has 0 heterocycles. The average molecular weight is 273 g/mol. The third-order valence-electron chi connectivity index (χ3n) is 3.40. The van der Waals surface area contributed by atoms with E-state index in [0.29, 0.717) is 11.3 Å². The molecule has 0 spiro atoms. The van der Waals surface area contributed by atoms with Gasteiger partial charge in [0.15, 0.2) is 0 Å². The van der Waals surface area contributed by atoms with Crippen LogP contribution in [0.15, 0.2) is 42.5 Å². The molecule has 3 heteroatoms. The molecule has 2 rings (SSSR count). The molecule has 0 aromatic heterocycles. The van der Waals surface area contributed by atoms with Crippen molar-refractivity contribution < 1.29 is 9.13 Å². The lowest BCUT2D eigenvalue weighted by molar-refractivity contribution is 0.411. The van der Waals surface area contributed by atoms with Crippen molar-refractivity contribution in [2.45, 2.75) is 19.9 Å². The average Bonchev–Trinajstić information content (AvgIpc) is 2.47. The second-order valence-corrected chi connectivity index (χ2v) is 4.71. The largest absolute Gasteiger partial charge is 0.497 e. The Labute approximate surface area is 119 Å². The van der Waals surface area contributed by atoms with Crippen molar-refractivity contribution in [1.29, 1.82) is 0 Å². The second kappa shape index (κ2) is 6.53. The molecule has 1 atom stereocenters. The van der Waals surface area contributed by atoms with Gasteiger partial charge in [-0.1, -0.05) is 31.2 Å². The van der Waals surface area contributed by atoms with E-state index in [-0.39, 0.29) is 11.9 Å². The SMILES string of the molecule is CCNC(C)c1ccccc1-c1ccc(OC)cc1F. The zero-order chi connectivity index (χ0) is 14.5. The first-order valence-corrected chi connectivity index (χ1v) is 6.83. The molecular formula is C17H20FNO. The van der Waals surface area contributed by atoms with E-state index in [0.717, 1.165) is 17.7 Å². The molecule has 0 bridgehead atoms. The highest BCUT2D eigenvalue weighted by atomic mass is 19.1. The fourth-order valence-electron chi connectivity index (χ4n) is 2.38. The summed E-state index contributed by atoms with van der Waals surface area (Å²) in [4.78, 5) is 0. The summed E-state index contributed by atoms with van der Waals surface area (Å²) in [5.74, 6) is 0.268. The van der Waals surface area contributed by atoms with Gasteiger partial charge in [0.1, 0.15) is 11.6 Å². The first kappa shape index (κ1) is 14.5. The summed E-state index contributed by atoms with van der Waals surface area (Å²) in [5.41, 5.74) is 2.62. The van der Waals surface area contributed by atoms with Crippen LogP contribution in [0.5, 0.6) is 5.75 Å². The number of nitrogens with one attached hydrogen (secondary N) is 1. The highest BCUT2D eigenvalue weighted by molar-refractivity contribution is 5.69. The van der Waals surface area contributed by atoms with Gasteiger partial charge in [-0.15, -0.1) is 0 Å². The molecule has 1 N–H and O–H groups in total. The molecule has 20 heavy (non-hydrogen) atoms. The Bertz CT molecular complexity index is 583. The molecule has 2 nitrogen and oxygen atoms in total. The molecule has 1 unspecified atom stereocenters. The van der Waals surface area contributed by atoms with E-state index in [4.69, 9.17) is 4.74 Å². The van der Waals surface area contributed by atoms with Gasteiger partial charge in [-0.05, 0) is 36.7 Å². The van der Waals surface area contributed by atoms with Crippen LogP contribution >= 0.6 is 0 Å². The van der Waals surface area contributed by atoms with Crippen molar-refractivity contribution in [3.63, 3.8) is 0 Å². The van der Waals surface area contributed by atoms with Crippen molar-refractivity contribution in [3.8, 4) is 16.9 Å². The minimum atomic E-state index is -0.263. The molecule has 0 aliphatic carbocycles. The highest BCUT2D eigenvalue weighted by Crippen LogP contribution is 2.31. The zero-order valence-corrected chi connectivity index (χ0v) is 12.1. The summed E-state index contributed by atoms with van der Waals surface area (Å²) in [6.45, 7) is 5.03. The van der Waals surface area contributed by atoms with Crippen LogP contribution in [0.1, 0.15) is 25.5 Å². The lowest BCUT2D eigenvalue weighted by atomic mass is 9.95. The van der Waals surface area contributed by atoms with Crippen molar-refractivity contribution in [1.82, 2.24) is 5.32 Å². The van der Waals surface area contributed by atoms with Crippen molar-refractivity contribution in [2.24, 2.45) is 0 Å². The molecule has 2 aromatic carbocycles. The standard InChI is InChI=1S/C17H20FNO/c1-4-19-12(2)14-7-5-6-8-15(14)16-10-9-13(20-3)11-17(16)18/h5-12,19H,4H2,1-3H3. The van der Waals surface area contributed by atoms with E-state index in [9.17, 15) is 4.39 Å². The van der Waals surface area contributed by atoms with Crippen LogP contribution in [-0.2, 0) is 0 Å². The maximum atomic E-state index is 14.3. The normalized spacial score (nSPS) is 12.2. The minimum absolute atomic E-state index is 0.178. The van der Waals surface area contributed by atoms with Crippen LogP contribution in [0.4, 0.5) is 4.39 Å². The van der Waals surface area contributed by atoms with E-state index >= 15 is 0 Å². The molecular weight excluding hydrogens is 253 g/mol. The molecule has 106 valence electrons. The van der Waals surface area contributed by atoms with Gasteiger partial charge in [-0.25, -0.2) is 4.39 Å². The third kappa shape index (κ3) is 2.99. The molecule has 0 saturated heterocycles. The van der Waals surface area contributed by atoms with Crippen LogP contribution < -0.4 is 10.1 Å². The second-order valence-electron chi connectivity index (χ2n) is 4.71. The summed E-state index contributed by atoms with van der Waals surface area (Å²) in [7, 11) is 1.54. The summed E-state index contributed by atoms with van der Waals surface area (Å²) < 4.78 is 19.3. The van der Waals surface area contributed by atoms with Crippen molar-refractivity contribution in [3.05, 3.63) is 53.8 Å². The Morgan fingerprint density at radius 3 is 2.55 bits per heavy atom.